The van der Waals surface area contributed by atoms with Crippen molar-refractivity contribution in [2.75, 3.05) is 24.6 Å². The molecule has 8 rings (SSSR count). The minimum atomic E-state index is -0.889. The van der Waals surface area contributed by atoms with E-state index >= 15 is 4.39 Å². The first-order valence-electron chi connectivity index (χ1n) is 15.4. The van der Waals surface area contributed by atoms with Crippen molar-refractivity contribution in [3.8, 4) is 23.0 Å². The number of aryl methyl sites for hydroxylation is 1. The smallest absolute Gasteiger partial charge is 0.319 e. The molecule has 0 spiro atoms. The molecular weight excluding hydrogens is 552 g/mol. The zero-order valence-corrected chi connectivity index (χ0v) is 24.1. The van der Waals surface area contributed by atoms with Gasteiger partial charge in [-0.25, -0.2) is 8.78 Å². The number of aromatic hydroxyl groups is 1. The van der Waals surface area contributed by atoms with Crippen molar-refractivity contribution in [2.45, 2.75) is 81.8 Å². The normalized spacial score (nSPS) is 28.4. The Morgan fingerprint density at radius 3 is 2.79 bits per heavy atom. The van der Waals surface area contributed by atoms with E-state index in [1.54, 1.807) is 18.3 Å². The van der Waals surface area contributed by atoms with Gasteiger partial charge in [0.1, 0.15) is 35.6 Å². The Hall–Kier alpha value is -3.63. The van der Waals surface area contributed by atoms with Gasteiger partial charge in [-0.2, -0.15) is 9.97 Å². The minimum Gasteiger partial charge on any atom is -0.508 e. The molecule has 4 aliphatic rings. The van der Waals surface area contributed by atoms with Crippen molar-refractivity contribution in [1.29, 1.82) is 0 Å². The van der Waals surface area contributed by atoms with Gasteiger partial charge in [0, 0.05) is 36.8 Å². The molecule has 2 bridgehead atoms. The van der Waals surface area contributed by atoms with Crippen LogP contribution in [0.4, 0.5) is 14.6 Å². The molecule has 224 valence electrons. The maximum Gasteiger partial charge on any atom is 0.319 e. The Bertz CT molecular complexity index is 1740. The fourth-order valence-corrected chi connectivity index (χ4v) is 8.28. The standard InChI is InChI=1S/C33H35F2N5O3/c1-2-18-5-3-6-19-9-23(41)13-25(27(18)19)29-28(35)30-26(15-36-29)31(40-21-10-22(40)12-24(42)11-21)38-32(37-30)43-17-33-7-4-8-39(33)16-20(34)14-33/h3,5-6,9,13,15,20-22,24,41-42H,2,4,7-8,10-12,14,16-17H2,1H3/t20-,21?,22?,24?,33+/m1/s1. The Balaban J connectivity index is 1.27. The van der Waals surface area contributed by atoms with Crippen LogP contribution >= 0.6 is 0 Å². The third kappa shape index (κ3) is 4.24. The molecule has 0 radical (unpaired) electrons. The van der Waals surface area contributed by atoms with Crippen LogP contribution < -0.4 is 9.64 Å². The minimum absolute atomic E-state index is 0.0273. The number of hydrogen-bond acceptors (Lipinski definition) is 8. The number of fused-ring (bicyclic) bond motifs is 5. The van der Waals surface area contributed by atoms with Gasteiger partial charge >= 0.3 is 6.01 Å². The van der Waals surface area contributed by atoms with E-state index in [1.807, 2.05) is 25.1 Å². The molecule has 0 saturated carbocycles. The molecule has 0 amide bonds. The van der Waals surface area contributed by atoms with E-state index in [4.69, 9.17) is 9.72 Å². The summed E-state index contributed by atoms with van der Waals surface area (Å²) in [6.07, 6.45) is 5.52. The first kappa shape index (κ1) is 27.0. The monoisotopic (exact) mass is 587 g/mol. The second-order valence-electron chi connectivity index (χ2n) is 12.8. The topological polar surface area (TPSA) is 94.8 Å². The first-order chi connectivity index (χ1) is 20.8. The van der Waals surface area contributed by atoms with Crippen LogP contribution in [-0.2, 0) is 6.42 Å². The quantitative estimate of drug-likeness (QED) is 0.314. The highest BCUT2D eigenvalue weighted by Gasteiger charge is 2.50. The van der Waals surface area contributed by atoms with Crippen LogP contribution in [0.25, 0.3) is 32.9 Å². The summed E-state index contributed by atoms with van der Waals surface area (Å²) in [7, 11) is 0. The maximum absolute atomic E-state index is 16.7. The molecule has 10 heteroatoms. The molecule has 4 saturated heterocycles. The lowest BCUT2D eigenvalue weighted by Crippen LogP contribution is -2.62. The molecule has 2 unspecified atom stereocenters. The Morgan fingerprint density at radius 2 is 1.98 bits per heavy atom. The van der Waals surface area contributed by atoms with Gasteiger partial charge < -0.3 is 19.8 Å². The van der Waals surface area contributed by atoms with Crippen molar-refractivity contribution in [3.05, 3.63) is 47.9 Å². The van der Waals surface area contributed by atoms with Gasteiger partial charge in [0.2, 0.25) is 0 Å². The number of aliphatic hydroxyl groups is 1. The number of anilines is 1. The van der Waals surface area contributed by atoms with E-state index < -0.39 is 17.5 Å². The van der Waals surface area contributed by atoms with E-state index in [-0.39, 0.29) is 47.8 Å². The van der Waals surface area contributed by atoms with Gasteiger partial charge in [-0.3, -0.25) is 9.88 Å². The van der Waals surface area contributed by atoms with Crippen LogP contribution in [0, 0.1) is 5.82 Å². The van der Waals surface area contributed by atoms with E-state index in [0.717, 1.165) is 48.6 Å². The largest absolute Gasteiger partial charge is 0.508 e. The Kier molecular flexibility index (Phi) is 6.24. The lowest BCUT2D eigenvalue weighted by molar-refractivity contribution is 0.0639. The number of piperidine rings is 1. The molecule has 4 aliphatic heterocycles. The van der Waals surface area contributed by atoms with Gasteiger partial charge in [-0.1, -0.05) is 25.1 Å². The van der Waals surface area contributed by atoms with E-state index in [2.05, 4.69) is 19.8 Å². The molecule has 6 heterocycles. The molecule has 2 aromatic carbocycles. The molecular formula is C33H35F2N5O3. The number of pyridine rings is 1. The molecule has 2 aromatic heterocycles. The highest BCUT2D eigenvalue weighted by molar-refractivity contribution is 6.01. The number of hydrogen-bond donors (Lipinski definition) is 2. The summed E-state index contributed by atoms with van der Waals surface area (Å²) >= 11 is 0. The molecule has 4 fully saturated rings. The van der Waals surface area contributed by atoms with Crippen molar-refractivity contribution in [3.63, 3.8) is 0 Å². The number of halogens is 2. The molecule has 43 heavy (non-hydrogen) atoms. The number of phenolic OH excluding ortho intramolecular Hbond substituents is 1. The SMILES string of the molecule is CCc1cccc2cc(O)cc(-c3ncc4c(N5C6CC(O)CC5C6)nc(OC[C@@]56CCCN5C[C@H](F)C6)nc4c3F)c12. The number of aromatic nitrogens is 3. The summed E-state index contributed by atoms with van der Waals surface area (Å²) < 4.78 is 37.4. The average Bonchev–Trinajstić information content (AvgIpc) is 3.51. The summed E-state index contributed by atoms with van der Waals surface area (Å²) in [5.41, 5.74) is 1.32. The van der Waals surface area contributed by atoms with Crippen molar-refractivity contribution < 1.29 is 23.7 Å². The van der Waals surface area contributed by atoms with Crippen molar-refractivity contribution in [2.24, 2.45) is 0 Å². The van der Waals surface area contributed by atoms with Crippen LogP contribution in [0.5, 0.6) is 11.8 Å². The molecule has 4 aromatic rings. The van der Waals surface area contributed by atoms with Gasteiger partial charge in [0.05, 0.1) is 17.0 Å². The van der Waals surface area contributed by atoms with Crippen molar-refractivity contribution >= 4 is 27.5 Å². The van der Waals surface area contributed by atoms with Gasteiger partial charge in [0.15, 0.2) is 5.82 Å². The lowest BCUT2D eigenvalue weighted by Gasteiger charge is -2.55. The lowest BCUT2D eigenvalue weighted by atomic mass is 9.78. The second kappa shape index (κ2) is 9.95. The molecule has 0 aliphatic carbocycles. The van der Waals surface area contributed by atoms with Crippen LogP contribution in [0.15, 0.2) is 36.5 Å². The fraction of sp³-hybridized carbons (Fsp3) is 0.485. The van der Waals surface area contributed by atoms with Crippen LogP contribution in [-0.4, -0.2) is 79.7 Å². The zero-order chi connectivity index (χ0) is 29.5. The Labute approximate surface area is 248 Å². The first-order valence-corrected chi connectivity index (χ1v) is 15.4. The van der Waals surface area contributed by atoms with Crippen LogP contribution in [0.2, 0.25) is 0 Å². The van der Waals surface area contributed by atoms with E-state index in [0.29, 0.717) is 42.6 Å². The second-order valence-corrected chi connectivity index (χ2v) is 12.8. The van der Waals surface area contributed by atoms with Gasteiger partial charge in [-0.15, -0.1) is 0 Å². The van der Waals surface area contributed by atoms with E-state index in [1.165, 1.54) is 0 Å². The number of ether oxygens (including phenoxy) is 1. The highest BCUT2D eigenvalue weighted by atomic mass is 19.1. The van der Waals surface area contributed by atoms with Gasteiger partial charge in [-0.05, 0) is 73.5 Å². The molecule has 8 nitrogen and oxygen atoms in total. The summed E-state index contributed by atoms with van der Waals surface area (Å²) in [6, 6.07) is 9.31. The fourth-order valence-electron chi connectivity index (χ4n) is 8.28. The summed E-state index contributed by atoms with van der Waals surface area (Å²) in [6.45, 7) is 3.53. The predicted octanol–water partition coefficient (Wildman–Crippen LogP) is 5.31. The predicted molar refractivity (Wildman–Crippen MR) is 160 cm³/mol. The number of phenols is 1. The van der Waals surface area contributed by atoms with Gasteiger partial charge in [0.25, 0.3) is 0 Å². The molecule has 2 N–H and O–H groups in total. The highest BCUT2D eigenvalue weighted by Crippen LogP contribution is 2.46. The number of alkyl halides is 1. The summed E-state index contributed by atoms with van der Waals surface area (Å²) in [4.78, 5) is 18.3. The third-order valence-electron chi connectivity index (χ3n) is 10.2. The van der Waals surface area contributed by atoms with Crippen LogP contribution in [0.1, 0.15) is 51.0 Å². The number of nitrogens with zero attached hydrogens (tertiary/aromatic N) is 5. The summed E-state index contributed by atoms with van der Waals surface area (Å²) in [5.74, 6) is -0.0314. The number of benzene rings is 2. The van der Waals surface area contributed by atoms with E-state index in [9.17, 15) is 14.6 Å². The summed E-state index contributed by atoms with van der Waals surface area (Å²) in [5, 5.41) is 23.0. The maximum atomic E-state index is 16.7. The third-order valence-corrected chi connectivity index (χ3v) is 10.2. The number of rotatable bonds is 6. The zero-order valence-electron chi connectivity index (χ0n) is 24.1. The van der Waals surface area contributed by atoms with Crippen LogP contribution in [0.3, 0.4) is 0 Å². The molecule has 4 atom stereocenters. The van der Waals surface area contributed by atoms with Crippen molar-refractivity contribution in [1.82, 2.24) is 19.9 Å². The number of aliphatic hydroxyl groups excluding tert-OH is 1. The average molecular weight is 588 g/mol. The Morgan fingerprint density at radius 1 is 1.14 bits per heavy atom.